The maximum Gasteiger partial charge on any atom is 0.255 e. The zero-order chi connectivity index (χ0) is 15.2. The molecular weight excluding hydrogens is 264 g/mol. The van der Waals surface area contributed by atoms with Gasteiger partial charge < -0.3 is 16.2 Å². The molecule has 0 heterocycles. The molecule has 0 aliphatic rings. The van der Waals surface area contributed by atoms with Crippen LogP contribution >= 0.6 is 0 Å². The topological polar surface area (TPSA) is 75.4 Å². The molecule has 0 bridgehead atoms. The van der Waals surface area contributed by atoms with E-state index in [9.17, 15) is 9.90 Å². The lowest BCUT2D eigenvalue weighted by Gasteiger charge is -2.08. The van der Waals surface area contributed by atoms with E-state index >= 15 is 0 Å². The molecule has 4 nitrogen and oxygen atoms in total. The molecule has 21 heavy (non-hydrogen) atoms. The van der Waals surface area contributed by atoms with Gasteiger partial charge in [0.05, 0.1) is 12.2 Å². The van der Waals surface area contributed by atoms with Crippen molar-refractivity contribution in [3.63, 3.8) is 0 Å². The van der Waals surface area contributed by atoms with E-state index in [0.717, 1.165) is 0 Å². The predicted molar refractivity (Wildman–Crippen MR) is 83.2 cm³/mol. The number of hydrogen-bond acceptors (Lipinski definition) is 3. The van der Waals surface area contributed by atoms with Gasteiger partial charge in [0.15, 0.2) is 0 Å². The van der Waals surface area contributed by atoms with Crippen LogP contribution in [-0.2, 0) is 0 Å². The molecule has 4 N–H and O–H groups in total. The molecule has 0 saturated heterocycles. The molecule has 2 aromatic carbocycles. The Balaban J connectivity index is 2.25. The lowest BCUT2D eigenvalue weighted by molar-refractivity contribution is 0.102. The molecule has 2 rings (SSSR count). The zero-order valence-corrected chi connectivity index (χ0v) is 11.7. The third kappa shape index (κ3) is 3.62. The first-order valence-corrected chi connectivity index (χ1v) is 6.50. The molecule has 0 spiro atoms. The number of carbonyl (C=O) groups is 1. The number of carbonyl (C=O) groups excluding carboxylic acids is 1. The summed E-state index contributed by atoms with van der Waals surface area (Å²) in [4.78, 5) is 12.2. The van der Waals surface area contributed by atoms with Crippen molar-refractivity contribution in [1.29, 1.82) is 0 Å². The standard InChI is InChI=1S/C17H16N2O2/c1-12-11-14(8-9-16(12)20)17(21)19-15-7-3-2-5-13(15)6-4-10-18/h2-3,5,7-9,11,20H,10,18H2,1H3,(H,19,21). The second-order valence-electron chi connectivity index (χ2n) is 4.51. The van der Waals surface area contributed by atoms with Gasteiger partial charge in [-0.05, 0) is 42.8 Å². The molecule has 0 fully saturated rings. The molecule has 1 amide bonds. The van der Waals surface area contributed by atoms with Crippen LogP contribution in [0, 0.1) is 18.8 Å². The van der Waals surface area contributed by atoms with Crippen molar-refractivity contribution in [2.45, 2.75) is 6.92 Å². The van der Waals surface area contributed by atoms with E-state index in [0.29, 0.717) is 22.4 Å². The van der Waals surface area contributed by atoms with Crippen molar-refractivity contribution in [2.75, 3.05) is 11.9 Å². The summed E-state index contributed by atoms with van der Waals surface area (Å²) in [7, 11) is 0. The molecule has 106 valence electrons. The van der Waals surface area contributed by atoms with E-state index in [1.807, 2.05) is 18.2 Å². The minimum Gasteiger partial charge on any atom is -0.508 e. The van der Waals surface area contributed by atoms with Gasteiger partial charge in [-0.1, -0.05) is 24.0 Å². The van der Waals surface area contributed by atoms with E-state index in [1.54, 1.807) is 25.1 Å². The highest BCUT2D eigenvalue weighted by atomic mass is 16.3. The van der Waals surface area contributed by atoms with Crippen LogP contribution in [0.4, 0.5) is 5.69 Å². The monoisotopic (exact) mass is 280 g/mol. The van der Waals surface area contributed by atoms with Crippen molar-refractivity contribution in [3.8, 4) is 17.6 Å². The van der Waals surface area contributed by atoms with Crippen molar-refractivity contribution >= 4 is 11.6 Å². The molecule has 0 aliphatic carbocycles. The van der Waals surface area contributed by atoms with Crippen molar-refractivity contribution in [2.24, 2.45) is 5.73 Å². The Morgan fingerprint density at radius 1 is 1.29 bits per heavy atom. The average molecular weight is 280 g/mol. The molecule has 0 radical (unpaired) electrons. The van der Waals surface area contributed by atoms with E-state index in [4.69, 9.17) is 5.73 Å². The van der Waals surface area contributed by atoms with E-state index in [1.165, 1.54) is 6.07 Å². The van der Waals surface area contributed by atoms with E-state index in [2.05, 4.69) is 17.2 Å². The van der Waals surface area contributed by atoms with E-state index < -0.39 is 0 Å². The number of rotatable bonds is 2. The Morgan fingerprint density at radius 3 is 2.76 bits per heavy atom. The number of para-hydroxylation sites is 1. The quantitative estimate of drug-likeness (QED) is 0.739. The highest BCUT2D eigenvalue weighted by Crippen LogP contribution is 2.19. The number of nitrogens with one attached hydrogen (secondary N) is 1. The van der Waals surface area contributed by atoms with Gasteiger partial charge in [0.25, 0.3) is 5.91 Å². The molecule has 0 aromatic heterocycles. The first-order valence-electron chi connectivity index (χ1n) is 6.50. The minimum absolute atomic E-state index is 0.167. The predicted octanol–water partition coefficient (Wildman–Crippen LogP) is 2.26. The maximum atomic E-state index is 12.2. The zero-order valence-electron chi connectivity index (χ0n) is 11.7. The summed E-state index contributed by atoms with van der Waals surface area (Å²) in [6.07, 6.45) is 0. The van der Waals surface area contributed by atoms with Crippen LogP contribution in [0.5, 0.6) is 5.75 Å². The Bertz CT molecular complexity index is 727. The summed E-state index contributed by atoms with van der Waals surface area (Å²) in [6.45, 7) is 2.01. The number of hydrogen-bond donors (Lipinski definition) is 3. The van der Waals surface area contributed by atoms with Crippen LogP contribution in [0.25, 0.3) is 0 Å². The lowest BCUT2D eigenvalue weighted by atomic mass is 10.1. The van der Waals surface area contributed by atoms with Crippen LogP contribution in [0.1, 0.15) is 21.5 Å². The minimum atomic E-state index is -0.250. The summed E-state index contributed by atoms with van der Waals surface area (Å²) >= 11 is 0. The van der Waals surface area contributed by atoms with Gasteiger partial charge in [0.2, 0.25) is 0 Å². The number of aromatic hydroxyl groups is 1. The molecule has 0 unspecified atom stereocenters. The van der Waals surface area contributed by atoms with Crippen LogP contribution < -0.4 is 11.1 Å². The number of amides is 1. The molecule has 0 saturated carbocycles. The van der Waals surface area contributed by atoms with Crippen molar-refractivity contribution in [1.82, 2.24) is 0 Å². The van der Waals surface area contributed by atoms with Gasteiger partial charge in [-0.3, -0.25) is 4.79 Å². The van der Waals surface area contributed by atoms with Crippen LogP contribution in [0.2, 0.25) is 0 Å². The van der Waals surface area contributed by atoms with Gasteiger partial charge in [-0.2, -0.15) is 0 Å². The Hall–Kier alpha value is -2.77. The summed E-state index contributed by atoms with van der Waals surface area (Å²) in [5.41, 5.74) is 7.84. The molecule has 0 atom stereocenters. The number of phenolic OH excluding ortho intramolecular Hbond substituents is 1. The fourth-order valence-electron chi connectivity index (χ4n) is 1.84. The van der Waals surface area contributed by atoms with Crippen molar-refractivity contribution < 1.29 is 9.90 Å². The largest absolute Gasteiger partial charge is 0.508 e. The molecule has 2 aromatic rings. The molecule has 4 heteroatoms. The second-order valence-corrected chi connectivity index (χ2v) is 4.51. The Kier molecular flexibility index (Phi) is 4.60. The summed E-state index contributed by atoms with van der Waals surface area (Å²) in [6, 6.07) is 12.0. The maximum absolute atomic E-state index is 12.2. The third-order valence-electron chi connectivity index (χ3n) is 2.96. The number of phenols is 1. The highest BCUT2D eigenvalue weighted by Gasteiger charge is 2.09. The Labute approximate surface area is 123 Å². The summed E-state index contributed by atoms with van der Waals surface area (Å²) in [5, 5.41) is 12.3. The summed E-state index contributed by atoms with van der Waals surface area (Å²) in [5.74, 6) is 5.61. The smallest absolute Gasteiger partial charge is 0.255 e. The fourth-order valence-corrected chi connectivity index (χ4v) is 1.84. The van der Waals surface area contributed by atoms with Gasteiger partial charge in [-0.25, -0.2) is 0 Å². The van der Waals surface area contributed by atoms with E-state index in [-0.39, 0.29) is 18.2 Å². The average Bonchev–Trinajstić information content (AvgIpc) is 2.49. The van der Waals surface area contributed by atoms with Crippen molar-refractivity contribution in [3.05, 3.63) is 59.2 Å². The highest BCUT2D eigenvalue weighted by molar-refractivity contribution is 6.05. The van der Waals surface area contributed by atoms with Gasteiger partial charge in [-0.15, -0.1) is 0 Å². The first-order chi connectivity index (χ1) is 10.1. The fraction of sp³-hybridized carbons (Fsp3) is 0.118. The first kappa shape index (κ1) is 14.6. The molecular formula is C17H16N2O2. The number of aryl methyl sites for hydroxylation is 1. The molecule has 0 aliphatic heterocycles. The number of benzene rings is 2. The summed E-state index contributed by atoms with van der Waals surface area (Å²) < 4.78 is 0. The van der Waals surface area contributed by atoms with Crippen LogP contribution in [0.15, 0.2) is 42.5 Å². The Morgan fingerprint density at radius 2 is 2.05 bits per heavy atom. The van der Waals surface area contributed by atoms with Crippen LogP contribution in [-0.4, -0.2) is 17.6 Å². The third-order valence-corrected chi connectivity index (χ3v) is 2.96. The van der Waals surface area contributed by atoms with Gasteiger partial charge in [0.1, 0.15) is 5.75 Å². The number of anilines is 1. The SMILES string of the molecule is Cc1cc(C(=O)Nc2ccccc2C#CCN)ccc1O. The lowest BCUT2D eigenvalue weighted by Crippen LogP contribution is -2.13. The van der Waals surface area contributed by atoms with Crippen LogP contribution in [0.3, 0.4) is 0 Å². The number of nitrogens with two attached hydrogens (primary N) is 1. The normalized spacial score (nSPS) is 9.62. The van der Waals surface area contributed by atoms with Gasteiger partial charge >= 0.3 is 0 Å². The van der Waals surface area contributed by atoms with Gasteiger partial charge in [0, 0.05) is 11.1 Å². The second kappa shape index (κ2) is 6.60.